The van der Waals surface area contributed by atoms with Crippen molar-refractivity contribution in [3.63, 3.8) is 0 Å². The van der Waals surface area contributed by atoms with Gasteiger partial charge in [-0.1, -0.05) is 24.3 Å². The molecule has 21 heavy (non-hydrogen) atoms. The Bertz CT molecular complexity index is 637. The Morgan fingerprint density at radius 1 is 1.05 bits per heavy atom. The molecule has 0 aromatic heterocycles. The van der Waals surface area contributed by atoms with Crippen LogP contribution in [0.2, 0.25) is 0 Å². The van der Waals surface area contributed by atoms with E-state index in [2.05, 4.69) is 4.90 Å². The van der Waals surface area contributed by atoms with Crippen molar-refractivity contribution >= 4 is 22.4 Å². The van der Waals surface area contributed by atoms with Crippen molar-refractivity contribution in [2.24, 2.45) is 0 Å². The van der Waals surface area contributed by atoms with E-state index in [1.165, 1.54) is 0 Å². The topological polar surface area (TPSA) is 49.6 Å². The van der Waals surface area contributed by atoms with Crippen LogP contribution in [0.3, 0.4) is 0 Å². The summed E-state index contributed by atoms with van der Waals surface area (Å²) in [4.78, 5) is 16.4. The molecular weight excluding hydrogens is 262 g/mol. The normalized spacial score (nSPS) is 11.0. The molecule has 0 fully saturated rings. The molecular formula is C17H23N3O. The summed E-state index contributed by atoms with van der Waals surface area (Å²) in [5.74, 6) is -0.0167. The van der Waals surface area contributed by atoms with Gasteiger partial charge in [-0.2, -0.15) is 0 Å². The first-order valence-electron chi connectivity index (χ1n) is 7.17. The highest BCUT2D eigenvalue weighted by Gasteiger charge is 2.15. The third-order valence-corrected chi connectivity index (χ3v) is 3.59. The molecule has 0 radical (unpaired) electrons. The zero-order valence-electron chi connectivity index (χ0n) is 13.0. The van der Waals surface area contributed by atoms with Crippen LogP contribution < -0.4 is 5.73 Å². The van der Waals surface area contributed by atoms with Crippen LogP contribution >= 0.6 is 0 Å². The number of carbonyl (C=O) groups excluding carboxylic acids is 1. The van der Waals surface area contributed by atoms with Gasteiger partial charge in [0.1, 0.15) is 0 Å². The first-order valence-corrected chi connectivity index (χ1v) is 7.17. The first kappa shape index (κ1) is 15.3. The highest BCUT2D eigenvalue weighted by Crippen LogP contribution is 2.22. The number of benzene rings is 2. The van der Waals surface area contributed by atoms with E-state index in [0.717, 1.165) is 30.3 Å². The molecule has 0 spiro atoms. The average molecular weight is 285 g/mol. The fourth-order valence-corrected chi connectivity index (χ4v) is 2.37. The van der Waals surface area contributed by atoms with Crippen molar-refractivity contribution in [1.29, 1.82) is 0 Å². The van der Waals surface area contributed by atoms with Crippen molar-refractivity contribution in [2.45, 2.75) is 6.42 Å². The zero-order valence-corrected chi connectivity index (χ0v) is 13.0. The minimum absolute atomic E-state index is 0.0167. The number of carbonyl (C=O) groups is 1. The molecule has 0 saturated carbocycles. The standard InChI is InChI=1S/C17H23N3O/c1-19(2)9-6-10-20(3)17(21)15-11-13-7-4-5-8-14(13)12-16(15)18/h4-5,7-8,11-12H,6,9-10,18H2,1-3H3. The van der Waals surface area contributed by atoms with Gasteiger partial charge >= 0.3 is 0 Å². The van der Waals surface area contributed by atoms with Gasteiger partial charge in [0.2, 0.25) is 0 Å². The molecule has 0 aliphatic heterocycles. The van der Waals surface area contributed by atoms with Gasteiger partial charge in [-0.05, 0) is 50.0 Å². The monoisotopic (exact) mass is 285 g/mol. The molecule has 2 aromatic rings. The molecule has 2 N–H and O–H groups in total. The molecule has 4 heteroatoms. The highest BCUT2D eigenvalue weighted by molar-refractivity contribution is 6.03. The molecule has 112 valence electrons. The predicted octanol–water partition coefficient (Wildman–Crippen LogP) is 2.45. The van der Waals surface area contributed by atoms with E-state index < -0.39 is 0 Å². The molecule has 4 nitrogen and oxygen atoms in total. The Morgan fingerprint density at radius 3 is 2.29 bits per heavy atom. The number of hydrogen-bond acceptors (Lipinski definition) is 3. The first-order chi connectivity index (χ1) is 9.99. The Kier molecular flexibility index (Phi) is 4.81. The highest BCUT2D eigenvalue weighted by atomic mass is 16.2. The molecule has 0 aliphatic carbocycles. The molecule has 0 unspecified atom stereocenters. The summed E-state index contributed by atoms with van der Waals surface area (Å²) in [6, 6.07) is 11.7. The van der Waals surface area contributed by atoms with Gasteiger partial charge in [-0.3, -0.25) is 4.79 Å². The zero-order chi connectivity index (χ0) is 15.4. The minimum atomic E-state index is -0.0167. The van der Waals surface area contributed by atoms with Crippen LogP contribution in [0.15, 0.2) is 36.4 Å². The van der Waals surface area contributed by atoms with Crippen LogP contribution in [-0.4, -0.2) is 49.9 Å². The molecule has 0 aliphatic rings. The van der Waals surface area contributed by atoms with Gasteiger partial charge in [0.25, 0.3) is 5.91 Å². The summed E-state index contributed by atoms with van der Waals surface area (Å²) in [6.45, 7) is 1.69. The summed E-state index contributed by atoms with van der Waals surface area (Å²) in [6.07, 6.45) is 0.947. The number of amides is 1. The van der Waals surface area contributed by atoms with Crippen molar-refractivity contribution in [2.75, 3.05) is 40.0 Å². The van der Waals surface area contributed by atoms with Crippen molar-refractivity contribution in [3.8, 4) is 0 Å². The summed E-state index contributed by atoms with van der Waals surface area (Å²) in [5.41, 5.74) is 7.17. The van der Waals surface area contributed by atoms with Gasteiger partial charge in [-0.25, -0.2) is 0 Å². The minimum Gasteiger partial charge on any atom is -0.398 e. The van der Waals surface area contributed by atoms with E-state index in [-0.39, 0.29) is 5.91 Å². The van der Waals surface area contributed by atoms with Crippen LogP contribution in [0.4, 0.5) is 5.69 Å². The maximum Gasteiger partial charge on any atom is 0.255 e. The van der Waals surface area contributed by atoms with Gasteiger partial charge in [0, 0.05) is 19.3 Å². The van der Waals surface area contributed by atoms with E-state index in [1.54, 1.807) is 4.90 Å². The number of nitrogens with zero attached hydrogens (tertiary/aromatic N) is 2. The molecule has 0 bridgehead atoms. The number of nitrogen functional groups attached to an aromatic ring is 1. The largest absolute Gasteiger partial charge is 0.398 e. The van der Waals surface area contributed by atoms with E-state index in [9.17, 15) is 4.79 Å². The number of anilines is 1. The lowest BCUT2D eigenvalue weighted by Crippen LogP contribution is -2.30. The molecule has 0 heterocycles. The van der Waals surface area contributed by atoms with Crippen molar-refractivity contribution in [3.05, 3.63) is 42.0 Å². The average Bonchev–Trinajstić information content (AvgIpc) is 2.45. The van der Waals surface area contributed by atoms with Crippen LogP contribution in [-0.2, 0) is 0 Å². The lowest BCUT2D eigenvalue weighted by molar-refractivity contribution is 0.0792. The van der Waals surface area contributed by atoms with E-state index in [1.807, 2.05) is 57.5 Å². The van der Waals surface area contributed by atoms with Gasteiger partial charge in [0.15, 0.2) is 0 Å². The second kappa shape index (κ2) is 6.59. The third kappa shape index (κ3) is 3.73. The second-order valence-electron chi connectivity index (χ2n) is 5.67. The van der Waals surface area contributed by atoms with Gasteiger partial charge in [0.05, 0.1) is 5.56 Å². The molecule has 0 saturated heterocycles. The van der Waals surface area contributed by atoms with Gasteiger partial charge in [-0.15, -0.1) is 0 Å². The number of fused-ring (bicyclic) bond motifs is 1. The molecule has 2 aromatic carbocycles. The molecule has 0 atom stereocenters. The fraction of sp³-hybridized carbons (Fsp3) is 0.353. The van der Waals surface area contributed by atoms with Crippen LogP contribution in [0.1, 0.15) is 16.8 Å². The Hall–Kier alpha value is -2.07. The van der Waals surface area contributed by atoms with Gasteiger partial charge < -0.3 is 15.5 Å². The van der Waals surface area contributed by atoms with E-state index in [4.69, 9.17) is 5.73 Å². The quantitative estimate of drug-likeness (QED) is 0.858. The lowest BCUT2D eigenvalue weighted by atomic mass is 10.0. The molecule has 1 amide bonds. The maximum absolute atomic E-state index is 12.5. The summed E-state index contributed by atoms with van der Waals surface area (Å²) < 4.78 is 0. The van der Waals surface area contributed by atoms with Crippen molar-refractivity contribution < 1.29 is 4.79 Å². The van der Waals surface area contributed by atoms with Crippen molar-refractivity contribution in [1.82, 2.24) is 9.80 Å². The number of hydrogen-bond donors (Lipinski definition) is 1. The number of nitrogens with two attached hydrogens (primary N) is 1. The number of rotatable bonds is 5. The van der Waals surface area contributed by atoms with Crippen LogP contribution in [0.5, 0.6) is 0 Å². The Balaban J connectivity index is 2.16. The Morgan fingerprint density at radius 2 is 1.67 bits per heavy atom. The van der Waals surface area contributed by atoms with Crippen LogP contribution in [0, 0.1) is 0 Å². The smallest absolute Gasteiger partial charge is 0.255 e. The third-order valence-electron chi connectivity index (χ3n) is 3.59. The lowest BCUT2D eigenvalue weighted by Gasteiger charge is -2.19. The van der Waals surface area contributed by atoms with Crippen LogP contribution in [0.25, 0.3) is 10.8 Å². The summed E-state index contributed by atoms with van der Waals surface area (Å²) in [5, 5.41) is 2.10. The van der Waals surface area contributed by atoms with E-state index in [0.29, 0.717) is 11.3 Å². The Labute approximate surface area is 126 Å². The maximum atomic E-state index is 12.5. The van der Waals surface area contributed by atoms with E-state index >= 15 is 0 Å². The summed E-state index contributed by atoms with van der Waals surface area (Å²) in [7, 11) is 5.89. The SMILES string of the molecule is CN(C)CCCN(C)C(=O)c1cc2ccccc2cc1N. The molecule has 2 rings (SSSR count). The second-order valence-corrected chi connectivity index (χ2v) is 5.67. The summed E-state index contributed by atoms with van der Waals surface area (Å²) >= 11 is 0. The predicted molar refractivity (Wildman–Crippen MR) is 88.5 cm³/mol. The fourth-order valence-electron chi connectivity index (χ4n) is 2.37.